The molecule has 0 aliphatic carbocycles. The zero-order chi connectivity index (χ0) is 15.8. The molecule has 6 nitrogen and oxygen atoms in total. The number of benzene rings is 1. The molecule has 1 amide bonds. The first-order valence-electron chi connectivity index (χ1n) is 6.41. The van der Waals surface area contributed by atoms with Crippen LogP contribution in [0.5, 0.6) is 0 Å². The second-order valence-corrected chi connectivity index (χ2v) is 4.51. The summed E-state index contributed by atoms with van der Waals surface area (Å²) in [5.41, 5.74) is 1.35. The number of hydrogen-bond donors (Lipinski definition) is 3. The highest BCUT2D eigenvalue weighted by atomic mass is 19.1. The van der Waals surface area contributed by atoms with Crippen molar-refractivity contribution < 1.29 is 18.3 Å². The van der Waals surface area contributed by atoms with Crippen molar-refractivity contribution in [1.29, 1.82) is 0 Å². The molecule has 1 aromatic carbocycles. The average Bonchev–Trinajstić information content (AvgIpc) is 2.44. The summed E-state index contributed by atoms with van der Waals surface area (Å²) >= 11 is 0. The Morgan fingerprint density at radius 1 is 1.33 bits per heavy atom. The van der Waals surface area contributed by atoms with Gasteiger partial charge in [-0.25, -0.2) is 8.78 Å². The van der Waals surface area contributed by atoms with Crippen LogP contribution in [0.4, 0.5) is 14.5 Å². The summed E-state index contributed by atoms with van der Waals surface area (Å²) in [6.07, 6.45) is 0. The number of halogens is 2. The Morgan fingerprint density at radius 2 is 1.95 bits per heavy atom. The predicted octanol–water partition coefficient (Wildman–Crippen LogP) is 0.558. The first kappa shape index (κ1) is 17.3. The van der Waals surface area contributed by atoms with Gasteiger partial charge in [0.1, 0.15) is 5.69 Å². The van der Waals surface area contributed by atoms with E-state index in [1.165, 1.54) is 0 Å². The van der Waals surface area contributed by atoms with Crippen molar-refractivity contribution in [2.45, 2.75) is 0 Å². The van der Waals surface area contributed by atoms with Gasteiger partial charge in [0.25, 0.3) is 5.91 Å². The third kappa shape index (κ3) is 5.25. The molecule has 4 N–H and O–H groups in total. The minimum absolute atomic E-state index is 0.0939. The lowest BCUT2D eigenvalue weighted by atomic mass is 10.1. The van der Waals surface area contributed by atoms with Gasteiger partial charge in [-0.15, -0.1) is 0 Å². The van der Waals surface area contributed by atoms with Crippen LogP contribution < -0.4 is 16.6 Å². The summed E-state index contributed by atoms with van der Waals surface area (Å²) < 4.78 is 31.9. The number of amides is 1. The average molecular weight is 302 g/mol. The summed E-state index contributed by atoms with van der Waals surface area (Å²) in [6.45, 7) is 2.28. The number of nitrogens with one attached hydrogen (secondary N) is 2. The molecular formula is C13H20F2N4O2. The lowest BCUT2D eigenvalue weighted by Gasteiger charge is -2.16. The smallest absolute Gasteiger partial charge is 0.251 e. The monoisotopic (exact) mass is 302 g/mol. The number of ether oxygens (including phenoxy) is 1. The number of rotatable bonds is 8. The number of anilines is 1. The fourth-order valence-electron chi connectivity index (χ4n) is 1.66. The van der Waals surface area contributed by atoms with Gasteiger partial charge in [0.15, 0.2) is 11.6 Å². The maximum Gasteiger partial charge on any atom is 0.251 e. The number of nitrogens with zero attached hydrogens (tertiary/aromatic N) is 1. The standard InChI is InChI=1S/C13H20F2N4O2/c1-19(5-6-21-2)4-3-17-13(20)9-7-10(14)12(18-16)11(15)8-9/h7-8,18H,3-6,16H2,1-2H3,(H,17,20). The third-order valence-corrected chi connectivity index (χ3v) is 2.90. The normalized spacial score (nSPS) is 10.8. The molecule has 118 valence electrons. The Bertz CT molecular complexity index is 462. The zero-order valence-electron chi connectivity index (χ0n) is 12.1. The molecule has 0 unspecified atom stereocenters. The van der Waals surface area contributed by atoms with Crippen molar-refractivity contribution in [1.82, 2.24) is 10.2 Å². The summed E-state index contributed by atoms with van der Waals surface area (Å²) in [5, 5.41) is 2.59. The number of hydrazine groups is 1. The second kappa shape index (κ2) is 8.50. The molecule has 0 bridgehead atoms. The van der Waals surface area contributed by atoms with Crippen molar-refractivity contribution in [2.24, 2.45) is 5.84 Å². The minimum Gasteiger partial charge on any atom is -0.383 e. The molecule has 0 aromatic heterocycles. The minimum atomic E-state index is -0.917. The Morgan fingerprint density at radius 3 is 2.48 bits per heavy atom. The zero-order valence-corrected chi connectivity index (χ0v) is 12.1. The Balaban J connectivity index is 2.53. The predicted molar refractivity (Wildman–Crippen MR) is 75.9 cm³/mol. The summed E-state index contributed by atoms with van der Waals surface area (Å²) in [4.78, 5) is 13.8. The lowest BCUT2D eigenvalue weighted by Crippen LogP contribution is -2.34. The maximum absolute atomic E-state index is 13.5. The van der Waals surface area contributed by atoms with E-state index < -0.39 is 23.2 Å². The molecule has 1 aromatic rings. The summed E-state index contributed by atoms with van der Waals surface area (Å²) in [7, 11) is 3.49. The van der Waals surface area contributed by atoms with E-state index in [0.29, 0.717) is 19.7 Å². The molecule has 0 spiro atoms. The Kier molecular flexibility index (Phi) is 7.00. The highest BCUT2D eigenvalue weighted by molar-refractivity contribution is 5.94. The van der Waals surface area contributed by atoms with E-state index in [1.54, 1.807) is 7.11 Å². The van der Waals surface area contributed by atoms with Crippen LogP contribution in [-0.4, -0.2) is 51.2 Å². The van der Waals surface area contributed by atoms with Crippen molar-refractivity contribution in [2.75, 3.05) is 45.8 Å². The van der Waals surface area contributed by atoms with Crippen molar-refractivity contribution in [3.8, 4) is 0 Å². The largest absolute Gasteiger partial charge is 0.383 e. The highest BCUT2D eigenvalue weighted by Crippen LogP contribution is 2.19. The van der Waals surface area contributed by atoms with Crippen LogP contribution in [-0.2, 0) is 4.74 Å². The Hall–Kier alpha value is -1.77. The van der Waals surface area contributed by atoms with Gasteiger partial charge < -0.3 is 20.4 Å². The van der Waals surface area contributed by atoms with Crippen LogP contribution in [0.3, 0.4) is 0 Å². The summed E-state index contributed by atoms with van der Waals surface area (Å²) in [6, 6.07) is 1.87. The first-order valence-corrected chi connectivity index (χ1v) is 6.41. The number of methoxy groups -OCH3 is 1. The number of likely N-dealkylation sites (N-methyl/N-ethyl adjacent to an activating group) is 1. The van der Waals surface area contributed by atoms with E-state index in [4.69, 9.17) is 10.6 Å². The number of nitrogens with two attached hydrogens (primary N) is 1. The molecule has 0 saturated heterocycles. The molecule has 0 aliphatic rings. The highest BCUT2D eigenvalue weighted by Gasteiger charge is 2.14. The molecule has 8 heteroatoms. The van der Waals surface area contributed by atoms with E-state index in [2.05, 4.69) is 5.32 Å². The number of hydrogen-bond acceptors (Lipinski definition) is 5. The topological polar surface area (TPSA) is 79.6 Å². The molecule has 1 rings (SSSR count). The van der Waals surface area contributed by atoms with Gasteiger partial charge in [-0.1, -0.05) is 0 Å². The van der Waals surface area contributed by atoms with Crippen LogP contribution in [0.2, 0.25) is 0 Å². The number of carbonyl (C=O) groups excluding carboxylic acids is 1. The van der Waals surface area contributed by atoms with Crippen LogP contribution in [0.15, 0.2) is 12.1 Å². The fourth-order valence-corrected chi connectivity index (χ4v) is 1.66. The molecule has 0 atom stereocenters. The molecular weight excluding hydrogens is 282 g/mol. The number of carbonyl (C=O) groups is 1. The van der Waals surface area contributed by atoms with Gasteiger partial charge in [-0.3, -0.25) is 10.6 Å². The van der Waals surface area contributed by atoms with Gasteiger partial charge in [0.2, 0.25) is 0 Å². The molecule has 0 radical (unpaired) electrons. The van der Waals surface area contributed by atoms with Crippen molar-refractivity contribution >= 4 is 11.6 Å². The van der Waals surface area contributed by atoms with Gasteiger partial charge in [0.05, 0.1) is 6.61 Å². The molecule has 0 saturated carbocycles. The van der Waals surface area contributed by atoms with E-state index in [1.807, 2.05) is 17.4 Å². The van der Waals surface area contributed by atoms with E-state index in [9.17, 15) is 13.6 Å². The Labute approximate surface area is 122 Å². The number of nitrogen functional groups attached to an aromatic ring is 1. The van der Waals surface area contributed by atoms with Gasteiger partial charge >= 0.3 is 0 Å². The van der Waals surface area contributed by atoms with E-state index in [-0.39, 0.29) is 5.56 Å². The van der Waals surface area contributed by atoms with Crippen LogP contribution in [0.1, 0.15) is 10.4 Å². The van der Waals surface area contributed by atoms with Gasteiger partial charge in [-0.05, 0) is 19.2 Å². The van der Waals surface area contributed by atoms with Crippen molar-refractivity contribution in [3.63, 3.8) is 0 Å². The molecule has 21 heavy (non-hydrogen) atoms. The van der Waals surface area contributed by atoms with Crippen LogP contribution in [0, 0.1) is 11.6 Å². The summed E-state index contributed by atoms with van der Waals surface area (Å²) in [5.74, 6) is 2.61. The van der Waals surface area contributed by atoms with Crippen molar-refractivity contribution in [3.05, 3.63) is 29.3 Å². The quantitative estimate of drug-likeness (QED) is 0.483. The fraction of sp³-hybridized carbons (Fsp3) is 0.462. The SMILES string of the molecule is COCCN(C)CCNC(=O)c1cc(F)c(NN)c(F)c1. The van der Waals surface area contributed by atoms with Gasteiger partial charge in [0, 0.05) is 32.3 Å². The second-order valence-electron chi connectivity index (χ2n) is 4.51. The van der Waals surface area contributed by atoms with E-state index >= 15 is 0 Å². The lowest BCUT2D eigenvalue weighted by molar-refractivity contribution is 0.0946. The first-order chi connectivity index (χ1) is 9.99. The van der Waals surface area contributed by atoms with Crippen LogP contribution >= 0.6 is 0 Å². The van der Waals surface area contributed by atoms with Crippen LogP contribution in [0.25, 0.3) is 0 Å². The molecule has 0 aliphatic heterocycles. The molecule has 0 heterocycles. The maximum atomic E-state index is 13.5. The third-order valence-electron chi connectivity index (χ3n) is 2.90. The van der Waals surface area contributed by atoms with Gasteiger partial charge in [-0.2, -0.15) is 0 Å². The van der Waals surface area contributed by atoms with E-state index in [0.717, 1.165) is 18.7 Å². The molecule has 0 fully saturated rings.